The lowest BCUT2D eigenvalue weighted by atomic mass is 10.3. The van der Waals surface area contributed by atoms with Crippen LogP contribution in [0.25, 0.3) is 0 Å². The molecular weight excluding hydrogens is 212 g/mol. The Bertz CT molecular complexity index is 398. The maximum absolute atomic E-state index is 5.74. The first-order valence-corrected chi connectivity index (χ1v) is 6.08. The minimum Gasteiger partial charge on any atom is -0.383 e. The Morgan fingerprint density at radius 1 is 1.36 bits per heavy atom. The molecule has 0 fully saturated rings. The molecule has 2 aromatic heterocycles. The molecule has 0 aliphatic carbocycles. The molecule has 0 bridgehead atoms. The molecule has 14 heavy (non-hydrogen) atoms. The molecule has 0 saturated carbocycles. The summed E-state index contributed by atoms with van der Waals surface area (Å²) in [5.41, 5.74) is 6.84. The lowest BCUT2D eigenvalue weighted by molar-refractivity contribution is 1.26. The molecule has 2 N–H and O–H groups in total. The Morgan fingerprint density at radius 2 is 2.29 bits per heavy atom. The number of hydrogen-bond donors (Lipinski definition) is 1. The highest BCUT2D eigenvalue weighted by molar-refractivity contribution is 8.00. The van der Waals surface area contributed by atoms with E-state index in [0.717, 1.165) is 11.3 Å². The zero-order valence-electron chi connectivity index (χ0n) is 7.51. The molecule has 2 aromatic rings. The molecule has 0 aliphatic heterocycles. The Hall–Kier alpha value is -1.00. The van der Waals surface area contributed by atoms with Crippen molar-refractivity contribution < 1.29 is 0 Å². The summed E-state index contributed by atoms with van der Waals surface area (Å²) in [6, 6.07) is 8.10. The van der Waals surface area contributed by atoms with E-state index in [2.05, 4.69) is 22.5 Å². The van der Waals surface area contributed by atoms with Crippen LogP contribution in [0.1, 0.15) is 5.56 Å². The van der Waals surface area contributed by atoms with Gasteiger partial charge in [-0.25, -0.2) is 4.98 Å². The molecule has 72 valence electrons. The number of rotatable bonds is 3. The molecule has 0 aromatic carbocycles. The van der Waals surface area contributed by atoms with Gasteiger partial charge in [0, 0.05) is 17.5 Å². The Balaban J connectivity index is 2.02. The largest absolute Gasteiger partial charge is 0.383 e. The summed E-state index contributed by atoms with van der Waals surface area (Å²) >= 11 is 3.54. The molecule has 0 aliphatic rings. The summed E-state index contributed by atoms with van der Waals surface area (Å²) in [5.74, 6) is 1.52. The van der Waals surface area contributed by atoms with Gasteiger partial charge in [-0.1, -0.05) is 12.1 Å². The molecule has 0 atom stereocenters. The number of nitrogen functional groups attached to an aromatic ring is 1. The molecule has 0 amide bonds. The van der Waals surface area contributed by atoms with Gasteiger partial charge in [0.1, 0.15) is 5.82 Å². The summed E-state index contributed by atoms with van der Waals surface area (Å²) in [5, 5.41) is 2.08. The van der Waals surface area contributed by atoms with Gasteiger partial charge in [0.05, 0.1) is 4.21 Å². The fourth-order valence-corrected chi connectivity index (χ4v) is 2.85. The van der Waals surface area contributed by atoms with E-state index in [-0.39, 0.29) is 0 Å². The average molecular weight is 222 g/mol. The van der Waals surface area contributed by atoms with Crippen molar-refractivity contribution in [3.63, 3.8) is 0 Å². The van der Waals surface area contributed by atoms with Crippen molar-refractivity contribution in [3.8, 4) is 0 Å². The van der Waals surface area contributed by atoms with Crippen LogP contribution in [0.5, 0.6) is 0 Å². The van der Waals surface area contributed by atoms with Crippen molar-refractivity contribution in [1.29, 1.82) is 0 Å². The van der Waals surface area contributed by atoms with Crippen LogP contribution in [-0.4, -0.2) is 4.98 Å². The van der Waals surface area contributed by atoms with Gasteiger partial charge < -0.3 is 5.73 Å². The van der Waals surface area contributed by atoms with E-state index in [1.807, 2.05) is 12.1 Å². The third-order valence-corrected chi connectivity index (χ3v) is 3.97. The minimum atomic E-state index is 0.636. The van der Waals surface area contributed by atoms with E-state index < -0.39 is 0 Å². The SMILES string of the molecule is Nc1ncccc1CSc1cccs1. The van der Waals surface area contributed by atoms with Crippen LogP contribution < -0.4 is 5.73 Å². The number of hydrogen-bond acceptors (Lipinski definition) is 4. The predicted octanol–water partition coefficient (Wildman–Crippen LogP) is 3.02. The quantitative estimate of drug-likeness (QED) is 0.811. The van der Waals surface area contributed by atoms with Gasteiger partial charge in [-0.3, -0.25) is 0 Å². The number of aromatic nitrogens is 1. The van der Waals surface area contributed by atoms with Crippen LogP contribution in [-0.2, 0) is 5.75 Å². The Labute approximate surface area is 91.2 Å². The third-order valence-electron chi connectivity index (χ3n) is 1.79. The van der Waals surface area contributed by atoms with Gasteiger partial charge >= 0.3 is 0 Å². The number of nitrogens with two attached hydrogens (primary N) is 1. The van der Waals surface area contributed by atoms with Gasteiger partial charge in [0.2, 0.25) is 0 Å². The van der Waals surface area contributed by atoms with Gasteiger partial charge in [0.15, 0.2) is 0 Å². The first kappa shape index (κ1) is 9.55. The topological polar surface area (TPSA) is 38.9 Å². The summed E-state index contributed by atoms with van der Waals surface area (Å²) in [7, 11) is 0. The van der Waals surface area contributed by atoms with Crippen LogP contribution in [0.2, 0.25) is 0 Å². The Kier molecular flexibility index (Phi) is 3.06. The highest BCUT2D eigenvalue weighted by Gasteiger charge is 2.00. The fourth-order valence-electron chi connectivity index (χ4n) is 1.07. The van der Waals surface area contributed by atoms with Crippen LogP contribution in [0.4, 0.5) is 5.82 Å². The maximum Gasteiger partial charge on any atom is 0.127 e. The summed E-state index contributed by atoms with van der Waals surface area (Å²) in [6.45, 7) is 0. The number of thioether (sulfide) groups is 1. The first-order chi connectivity index (χ1) is 6.86. The molecule has 0 unspecified atom stereocenters. The number of nitrogens with zero attached hydrogens (tertiary/aromatic N) is 1. The van der Waals surface area contributed by atoms with Gasteiger partial charge in [-0.05, 0) is 17.5 Å². The van der Waals surface area contributed by atoms with Crippen molar-refractivity contribution in [2.75, 3.05) is 5.73 Å². The molecular formula is C10H10N2S2. The molecule has 2 heterocycles. The smallest absolute Gasteiger partial charge is 0.127 e. The molecule has 0 spiro atoms. The van der Waals surface area contributed by atoms with Crippen LogP contribution >= 0.6 is 23.1 Å². The summed E-state index contributed by atoms with van der Waals surface area (Å²) in [6.07, 6.45) is 1.72. The minimum absolute atomic E-state index is 0.636. The molecule has 2 nitrogen and oxygen atoms in total. The van der Waals surface area contributed by atoms with Crippen molar-refractivity contribution in [2.45, 2.75) is 9.96 Å². The van der Waals surface area contributed by atoms with Crippen LogP contribution in [0, 0.1) is 0 Å². The molecule has 4 heteroatoms. The second-order valence-electron chi connectivity index (χ2n) is 2.77. The van der Waals surface area contributed by atoms with E-state index >= 15 is 0 Å². The van der Waals surface area contributed by atoms with Gasteiger partial charge in [0.25, 0.3) is 0 Å². The molecule has 0 saturated heterocycles. The van der Waals surface area contributed by atoms with Crippen molar-refractivity contribution in [1.82, 2.24) is 4.98 Å². The van der Waals surface area contributed by atoms with Gasteiger partial charge in [-0.2, -0.15) is 0 Å². The van der Waals surface area contributed by atoms with Crippen molar-refractivity contribution in [2.24, 2.45) is 0 Å². The summed E-state index contributed by atoms with van der Waals surface area (Å²) in [4.78, 5) is 4.05. The van der Waals surface area contributed by atoms with Crippen LogP contribution in [0.3, 0.4) is 0 Å². The van der Waals surface area contributed by atoms with Gasteiger partial charge in [-0.15, -0.1) is 23.1 Å². The molecule has 2 rings (SSSR count). The number of thiophene rings is 1. The maximum atomic E-state index is 5.74. The number of pyridine rings is 1. The van der Waals surface area contributed by atoms with E-state index in [0.29, 0.717) is 5.82 Å². The van der Waals surface area contributed by atoms with Crippen molar-refractivity contribution >= 4 is 28.9 Å². The van der Waals surface area contributed by atoms with Crippen LogP contribution in [0.15, 0.2) is 40.1 Å². The highest BCUT2D eigenvalue weighted by atomic mass is 32.2. The molecule has 0 radical (unpaired) electrons. The average Bonchev–Trinajstić information content (AvgIpc) is 2.69. The zero-order valence-corrected chi connectivity index (χ0v) is 9.15. The number of anilines is 1. The van der Waals surface area contributed by atoms with E-state index in [9.17, 15) is 0 Å². The highest BCUT2D eigenvalue weighted by Crippen LogP contribution is 2.27. The monoisotopic (exact) mass is 222 g/mol. The second-order valence-corrected chi connectivity index (χ2v) is 4.99. The predicted molar refractivity (Wildman–Crippen MR) is 62.5 cm³/mol. The van der Waals surface area contributed by atoms with E-state index in [4.69, 9.17) is 5.73 Å². The van der Waals surface area contributed by atoms with Crippen molar-refractivity contribution in [3.05, 3.63) is 41.4 Å². The zero-order chi connectivity index (χ0) is 9.80. The lowest BCUT2D eigenvalue weighted by Crippen LogP contribution is -1.94. The summed E-state index contributed by atoms with van der Waals surface area (Å²) < 4.78 is 1.31. The lowest BCUT2D eigenvalue weighted by Gasteiger charge is -2.01. The first-order valence-electron chi connectivity index (χ1n) is 4.22. The second kappa shape index (κ2) is 4.48. The normalized spacial score (nSPS) is 10.3. The Morgan fingerprint density at radius 3 is 3.00 bits per heavy atom. The van der Waals surface area contributed by atoms with E-state index in [1.165, 1.54) is 4.21 Å². The van der Waals surface area contributed by atoms with E-state index in [1.54, 1.807) is 29.3 Å². The standard InChI is InChI=1S/C10H10N2S2/c11-10-8(3-1-5-12-10)7-14-9-4-2-6-13-9/h1-6H,7H2,(H2,11,12). The third kappa shape index (κ3) is 2.27. The fraction of sp³-hybridized carbons (Fsp3) is 0.100.